The van der Waals surface area contributed by atoms with Crippen molar-refractivity contribution < 1.29 is 9.53 Å². The molecule has 0 aliphatic carbocycles. The van der Waals surface area contributed by atoms with Crippen LogP contribution in [0.3, 0.4) is 0 Å². The predicted molar refractivity (Wildman–Crippen MR) is 101 cm³/mol. The Morgan fingerprint density at radius 2 is 2.15 bits per heavy atom. The highest BCUT2D eigenvalue weighted by atomic mass is 32.1. The molecule has 1 fully saturated rings. The maximum absolute atomic E-state index is 12.6. The summed E-state index contributed by atoms with van der Waals surface area (Å²) >= 11 is 1.57. The molecule has 2 aliphatic rings. The van der Waals surface area contributed by atoms with Crippen LogP contribution in [-0.4, -0.2) is 64.5 Å². The van der Waals surface area contributed by atoms with Crippen LogP contribution in [0.2, 0.25) is 0 Å². The van der Waals surface area contributed by atoms with Gasteiger partial charge in [0.1, 0.15) is 11.9 Å². The molecule has 1 unspecified atom stereocenters. The highest BCUT2D eigenvalue weighted by molar-refractivity contribution is 7.08. The molecule has 0 radical (unpaired) electrons. The number of fused-ring (bicyclic) bond motifs is 1. The van der Waals surface area contributed by atoms with E-state index in [-0.39, 0.29) is 12.0 Å². The Balaban J connectivity index is 1.34. The Kier molecular flexibility index (Phi) is 4.91. The molecule has 1 atom stereocenters. The summed E-state index contributed by atoms with van der Waals surface area (Å²) in [5, 5.41) is 3.89. The predicted octanol–water partition coefficient (Wildman–Crippen LogP) is 2.31. The van der Waals surface area contributed by atoms with Crippen molar-refractivity contribution in [3.8, 4) is 5.88 Å². The summed E-state index contributed by atoms with van der Waals surface area (Å²) in [6, 6.07) is 1.91. The fourth-order valence-corrected chi connectivity index (χ4v) is 4.41. The van der Waals surface area contributed by atoms with Crippen molar-refractivity contribution in [1.82, 2.24) is 19.8 Å². The lowest BCUT2D eigenvalue weighted by Crippen LogP contribution is -2.38. The van der Waals surface area contributed by atoms with E-state index < -0.39 is 0 Å². The molecule has 0 saturated carbocycles. The van der Waals surface area contributed by atoms with E-state index in [0.29, 0.717) is 0 Å². The second-order valence-corrected chi connectivity index (χ2v) is 7.82. The quantitative estimate of drug-likeness (QED) is 0.827. The first-order valence-corrected chi connectivity index (χ1v) is 10.1. The third kappa shape index (κ3) is 3.59. The van der Waals surface area contributed by atoms with Gasteiger partial charge in [0, 0.05) is 55.8 Å². The highest BCUT2D eigenvalue weighted by Crippen LogP contribution is 2.29. The zero-order chi connectivity index (χ0) is 18.1. The van der Waals surface area contributed by atoms with Gasteiger partial charge in [-0.1, -0.05) is 0 Å². The van der Waals surface area contributed by atoms with Crippen molar-refractivity contribution in [2.75, 3.05) is 32.7 Å². The fraction of sp³-hybridized carbons (Fsp3) is 0.526. The van der Waals surface area contributed by atoms with Gasteiger partial charge in [-0.2, -0.15) is 16.3 Å². The molecular formula is C19H24N4O2S. The summed E-state index contributed by atoms with van der Waals surface area (Å²) in [6.45, 7) is 8.27. The molecule has 4 heterocycles. The molecule has 0 N–H and O–H groups in total. The summed E-state index contributed by atoms with van der Waals surface area (Å²) in [5.74, 6) is 1.67. The van der Waals surface area contributed by atoms with Gasteiger partial charge in [0.25, 0.3) is 5.91 Å². The van der Waals surface area contributed by atoms with Gasteiger partial charge >= 0.3 is 0 Å². The van der Waals surface area contributed by atoms with Crippen LogP contribution in [0.4, 0.5) is 0 Å². The maximum Gasteiger partial charge on any atom is 0.254 e. The van der Waals surface area contributed by atoms with Crippen LogP contribution in [0.5, 0.6) is 5.88 Å². The number of carbonyl (C=O) groups excluding carboxylic acids is 1. The van der Waals surface area contributed by atoms with Crippen molar-refractivity contribution in [2.45, 2.75) is 32.8 Å². The lowest BCUT2D eigenvalue weighted by Gasteiger charge is -2.24. The molecule has 0 spiro atoms. The summed E-state index contributed by atoms with van der Waals surface area (Å²) in [4.78, 5) is 25.8. The van der Waals surface area contributed by atoms with Crippen molar-refractivity contribution in [2.24, 2.45) is 0 Å². The van der Waals surface area contributed by atoms with E-state index in [9.17, 15) is 4.79 Å². The third-order valence-electron chi connectivity index (χ3n) is 5.10. The molecule has 26 heavy (non-hydrogen) atoms. The molecule has 2 aromatic rings. The van der Waals surface area contributed by atoms with E-state index in [1.165, 1.54) is 0 Å². The Bertz CT molecular complexity index is 793. The van der Waals surface area contributed by atoms with Crippen molar-refractivity contribution in [3.63, 3.8) is 0 Å². The number of ether oxygens (including phenoxy) is 1. The molecule has 4 rings (SSSR count). The molecule has 6 nitrogen and oxygen atoms in total. The van der Waals surface area contributed by atoms with E-state index in [4.69, 9.17) is 4.74 Å². The molecule has 1 amide bonds. The van der Waals surface area contributed by atoms with Crippen LogP contribution in [0, 0.1) is 13.8 Å². The van der Waals surface area contributed by atoms with Crippen LogP contribution >= 0.6 is 11.3 Å². The zero-order valence-corrected chi connectivity index (χ0v) is 16.1. The smallest absolute Gasteiger partial charge is 0.254 e. The largest absolute Gasteiger partial charge is 0.472 e. The average molecular weight is 372 g/mol. The molecular weight excluding hydrogens is 348 g/mol. The highest BCUT2D eigenvalue weighted by Gasteiger charge is 2.29. The standard InChI is InChI=1S/C19H24N4O2S/c1-13-17-10-16(25-18(17)21-14(2)20-13)11-22-5-3-6-23(8-7-22)19(24)15-4-9-26-12-15/h4,9,12,16H,3,5-8,10-11H2,1-2H3. The lowest BCUT2D eigenvalue weighted by molar-refractivity contribution is 0.0759. The Hall–Kier alpha value is -1.99. The van der Waals surface area contributed by atoms with Gasteiger partial charge in [-0.25, -0.2) is 4.98 Å². The van der Waals surface area contributed by atoms with E-state index in [2.05, 4.69) is 14.9 Å². The number of hydrogen-bond donors (Lipinski definition) is 0. The summed E-state index contributed by atoms with van der Waals surface area (Å²) in [5.41, 5.74) is 2.98. The summed E-state index contributed by atoms with van der Waals surface area (Å²) in [6.07, 6.45) is 1.99. The van der Waals surface area contributed by atoms with Crippen molar-refractivity contribution >= 4 is 17.2 Å². The zero-order valence-electron chi connectivity index (χ0n) is 15.3. The van der Waals surface area contributed by atoms with Gasteiger partial charge in [0.05, 0.1) is 5.56 Å². The second kappa shape index (κ2) is 7.32. The molecule has 138 valence electrons. The van der Waals surface area contributed by atoms with Crippen LogP contribution in [0.25, 0.3) is 0 Å². The molecule has 0 aromatic carbocycles. The second-order valence-electron chi connectivity index (χ2n) is 7.04. The maximum atomic E-state index is 12.6. The average Bonchev–Trinajstić information content (AvgIpc) is 3.21. The minimum absolute atomic E-state index is 0.124. The number of thiophene rings is 1. The van der Waals surface area contributed by atoms with Crippen LogP contribution in [-0.2, 0) is 6.42 Å². The van der Waals surface area contributed by atoms with Crippen molar-refractivity contribution in [1.29, 1.82) is 0 Å². The third-order valence-corrected chi connectivity index (χ3v) is 5.79. The van der Waals surface area contributed by atoms with Crippen LogP contribution in [0.15, 0.2) is 16.8 Å². The van der Waals surface area contributed by atoms with E-state index >= 15 is 0 Å². The number of amides is 1. The Labute approximate surface area is 157 Å². The normalized spacial score (nSPS) is 20.5. The topological polar surface area (TPSA) is 58.6 Å². The number of carbonyl (C=O) groups is 1. The van der Waals surface area contributed by atoms with Crippen LogP contribution in [0.1, 0.15) is 33.9 Å². The van der Waals surface area contributed by atoms with Gasteiger partial charge in [-0.3, -0.25) is 9.69 Å². The van der Waals surface area contributed by atoms with E-state index in [1.807, 2.05) is 35.6 Å². The summed E-state index contributed by atoms with van der Waals surface area (Å²) in [7, 11) is 0. The monoisotopic (exact) mass is 372 g/mol. The first-order valence-electron chi connectivity index (χ1n) is 9.15. The number of aryl methyl sites for hydroxylation is 2. The molecule has 1 saturated heterocycles. The Morgan fingerprint density at radius 3 is 2.96 bits per heavy atom. The fourth-order valence-electron chi connectivity index (χ4n) is 3.78. The summed E-state index contributed by atoms with van der Waals surface area (Å²) < 4.78 is 6.07. The van der Waals surface area contributed by atoms with Gasteiger partial charge in [0.2, 0.25) is 5.88 Å². The van der Waals surface area contributed by atoms with Crippen LogP contribution < -0.4 is 4.74 Å². The molecule has 2 aromatic heterocycles. The van der Waals surface area contributed by atoms with E-state index in [0.717, 1.165) is 74.1 Å². The molecule has 7 heteroatoms. The van der Waals surface area contributed by atoms with Gasteiger partial charge < -0.3 is 9.64 Å². The SMILES string of the molecule is Cc1nc(C)c2c(n1)OC(CN1CCCN(C(=O)c3ccsc3)CC1)C2. The minimum Gasteiger partial charge on any atom is -0.472 e. The number of nitrogens with zero attached hydrogens (tertiary/aromatic N) is 4. The molecule has 2 aliphatic heterocycles. The van der Waals surface area contributed by atoms with Gasteiger partial charge in [-0.15, -0.1) is 0 Å². The number of hydrogen-bond acceptors (Lipinski definition) is 6. The van der Waals surface area contributed by atoms with Crippen molar-refractivity contribution in [3.05, 3.63) is 39.5 Å². The first kappa shape index (κ1) is 17.4. The first-order chi connectivity index (χ1) is 12.6. The minimum atomic E-state index is 0.124. The Morgan fingerprint density at radius 1 is 1.27 bits per heavy atom. The number of aromatic nitrogens is 2. The van der Waals surface area contributed by atoms with Gasteiger partial charge in [-0.05, 0) is 31.7 Å². The van der Waals surface area contributed by atoms with E-state index in [1.54, 1.807) is 11.3 Å². The van der Waals surface area contributed by atoms with Gasteiger partial charge in [0.15, 0.2) is 0 Å². The lowest BCUT2D eigenvalue weighted by atomic mass is 10.1. The number of rotatable bonds is 3. The molecule has 0 bridgehead atoms.